The maximum Gasteiger partial charge on any atom is 2.00 e. The van der Waals surface area contributed by atoms with Crippen LogP contribution in [-0.2, 0) is 17.1 Å². The van der Waals surface area contributed by atoms with Gasteiger partial charge in [-0.05, 0) is 25.0 Å². The van der Waals surface area contributed by atoms with Gasteiger partial charge in [0, 0.05) is 0 Å². The van der Waals surface area contributed by atoms with Crippen molar-refractivity contribution in [1.82, 2.24) is 0 Å². The van der Waals surface area contributed by atoms with Gasteiger partial charge in [-0.25, -0.2) is 12.1 Å². The number of allylic oxidation sites excluding steroid dienone is 6. The summed E-state index contributed by atoms with van der Waals surface area (Å²) in [7, 11) is 0. The first kappa shape index (κ1) is 17.8. The molecule has 1 aliphatic rings. The fourth-order valence-electron chi connectivity index (χ4n) is 1.63. The fourth-order valence-corrected chi connectivity index (χ4v) is 1.63. The van der Waals surface area contributed by atoms with Crippen molar-refractivity contribution in [3.05, 3.63) is 66.0 Å². The van der Waals surface area contributed by atoms with Gasteiger partial charge in [0.15, 0.2) is 0 Å². The molecule has 0 aromatic heterocycles. The van der Waals surface area contributed by atoms with E-state index in [-0.39, 0.29) is 22.8 Å². The molecule has 0 fully saturated rings. The summed E-state index contributed by atoms with van der Waals surface area (Å²) < 4.78 is 0. The van der Waals surface area contributed by atoms with E-state index >= 15 is 0 Å². The first-order chi connectivity index (χ1) is 8.84. The Labute approximate surface area is 126 Å². The standard InChI is InChI=1S/C11H17NO.C5H5.Fe/c12-9-5-1-2-8-11(13)10-6-3-4-7-10;1-2-4-5-3-1;/h3-4,6-7,13H,1-2,5,8-9,12H2;1-5H;/q;-1;+2/p-1. The second-order valence-electron chi connectivity index (χ2n) is 4.16. The fraction of sp³-hybridized carbons (Fsp3) is 0.312. The molecule has 0 saturated carbocycles. The van der Waals surface area contributed by atoms with Crippen LogP contribution < -0.4 is 10.8 Å². The maximum absolute atomic E-state index is 11.4. The summed E-state index contributed by atoms with van der Waals surface area (Å²) in [6.45, 7) is 0.727. The summed E-state index contributed by atoms with van der Waals surface area (Å²) >= 11 is 0. The quantitative estimate of drug-likeness (QED) is 0.393. The van der Waals surface area contributed by atoms with E-state index in [0.717, 1.165) is 31.4 Å². The van der Waals surface area contributed by atoms with Crippen molar-refractivity contribution in [2.24, 2.45) is 5.73 Å². The Morgan fingerprint density at radius 1 is 1.05 bits per heavy atom. The van der Waals surface area contributed by atoms with E-state index in [9.17, 15) is 5.11 Å². The first-order valence-corrected chi connectivity index (χ1v) is 6.46. The second-order valence-corrected chi connectivity index (χ2v) is 4.16. The number of unbranched alkanes of at least 4 members (excludes halogenated alkanes) is 2. The van der Waals surface area contributed by atoms with Gasteiger partial charge in [0.2, 0.25) is 0 Å². The van der Waals surface area contributed by atoms with Gasteiger partial charge in [0.25, 0.3) is 0 Å². The Bertz CT molecular complexity index is 360. The van der Waals surface area contributed by atoms with Gasteiger partial charge in [0.1, 0.15) is 0 Å². The first-order valence-electron chi connectivity index (χ1n) is 6.46. The van der Waals surface area contributed by atoms with Crippen molar-refractivity contribution in [3.8, 4) is 0 Å². The van der Waals surface area contributed by atoms with Crippen molar-refractivity contribution < 1.29 is 22.2 Å². The third-order valence-corrected chi connectivity index (χ3v) is 2.65. The number of hydrogen-bond donors (Lipinski definition) is 1. The molecule has 2 rings (SSSR count). The van der Waals surface area contributed by atoms with Crippen molar-refractivity contribution in [3.63, 3.8) is 0 Å². The molecule has 2 nitrogen and oxygen atoms in total. The Hall–Kier alpha value is -1.15. The van der Waals surface area contributed by atoms with Crippen LogP contribution in [0.1, 0.15) is 25.7 Å². The molecule has 0 heterocycles. The van der Waals surface area contributed by atoms with Crippen molar-refractivity contribution in [2.45, 2.75) is 25.7 Å². The minimum Gasteiger partial charge on any atom is -0.875 e. The molecule has 0 radical (unpaired) electrons. The van der Waals surface area contributed by atoms with Crippen molar-refractivity contribution in [2.75, 3.05) is 6.54 Å². The molecule has 0 unspecified atom stereocenters. The van der Waals surface area contributed by atoms with Gasteiger partial charge in [-0.15, -0.1) is 5.76 Å². The summed E-state index contributed by atoms with van der Waals surface area (Å²) in [5.41, 5.74) is 6.20. The van der Waals surface area contributed by atoms with E-state index in [0.29, 0.717) is 6.42 Å². The van der Waals surface area contributed by atoms with Crippen molar-refractivity contribution in [1.29, 1.82) is 0 Å². The average molecular weight is 299 g/mol. The SMILES string of the molecule is NCCCCCC([O-])=C1C=CC=C1.[Fe+2].c1cc[cH-]c1. The smallest absolute Gasteiger partial charge is 0.875 e. The number of nitrogens with two attached hydrogens (primary N) is 1. The topological polar surface area (TPSA) is 49.1 Å². The van der Waals surface area contributed by atoms with E-state index in [1.165, 1.54) is 0 Å². The Kier molecular flexibility index (Phi) is 11.2. The molecule has 104 valence electrons. The molecular weight excluding hydrogens is 278 g/mol. The molecule has 1 aromatic rings. The van der Waals surface area contributed by atoms with Crippen LogP contribution in [0.3, 0.4) is 0 Å². The van der Waals surface area contributed by atoms with Gasteiger partial charge in [-0.2, -0.15) is 18.2 Å². The molecule has 1 aliphatic carbocycles. The van der Waals surface area contributed by atoms with E-state index in [1.54, 1.807) is 0 Å². The molecule has 19 heavy (non-hydrogen) atoms. The van der Waals surface area contributed by atoms with Crippen molar-refractivity contribution >= 4 is 0 Å². The van der Waals surface area contributed by atoms with Gasteiger partial charge in [-0.3, -0.25) is 0 Å². The molecule has 0 saturated heterocycles. The molecular formula is C16H21FeNO. The third kappa shape index (κ3) is 8.55. The van der Waals surface area contributed by atoms with Gasteiger partial charge < -0.3 is 10.8 Å². The van der Waals surface area contributed by atoms with Crippen LogP contribution in [-0.4, -0.2) is 6.54 Å². The zero-order valence-electron chi connectivity index (χ0n) is 11.1. The summed E-state index contributed by atoms with van der Waals surface area (Å²) in [6.07, 6.45) is 11.2. The molecule has 1 aromatic carbocycles. The number of rotatable bonds is 5. The predicted octanol–water partition coefficient (Wildman–Crippen LogP) is 2.65. The molecule has 0 atom stereocenters. The minimum absolute atomic E-state index is 0. The van der Waals surface area contributed by atoms with Gasteiger partial charge in [0.05, 0.1) is 0 Å². The van der Waals surface area contributed by atoms with E-state index in [1.807, 2.05) is 54.6 Å². The number of hydrogen-bond acceptors (Lipinski definition) is 2. The molecule has 0 spiro atoms. The van der Waals surface area contributed by atoms with Gasteiger partial charge >= 0.3 is 17.1 Å². The van der Waals surface area contributed by atoms with Crippen LogP contribution in [0.5, 0.6) is 0 Å². The molecule has 0 bridgehead atoms. The predicted molar refractivity (Wildman–Crippen MR) is 74.9 cm³/mol. The van der Waals surface area contributed by atoms with E-state index in [4.69, 9.17) is 5.73 Å². The molecule has 2 N–H and O–H groups in total. The molecule has 0 aliphatic heterocycles. The zero-order chi connectivity index (χ0) is 13.1. The third-order valence-electron chi connectivity index (χ3n) is 2.65. The largest absolute Gasteiger partial charge is 2.00 e. The average Bonchev–Trinajstić information content (AvgIpc) is 3.09. The Morgan fingerprint density at radius 2 is 1.68 bits per heavy atom. The van der Waals surface area contributed by atoms with Crippen LogP contribution in [0, 0.1) is 0 Å². The maximum atomic E-state index is 11.4. The van der Waals surface area contributed by atoms with Crippen LogP contribution in [0.25, 0.3) is 0 Å². The normalized spacial score (nSPS) is 11.7. The van der Waals surface area contributed by atoms with E-state index < -0.39 is 0 Å². The molecule has 3 heteroatoms. The van der Waals surface area contributed by atoms with Crippen LogP contribution in [0.2, 0.25) is 0 Å². The van der Waals surface area contributed by atoms with Crippen LogP contribution in [0.4, 0.5) is 0 Å². The minimum atomic E-state index is 0. The summed E-state index contributed by atoms with van der Waals surface area (Å²) in [5.74, 6) is 0.252. The summed E-state index contributed by atoms with van der Waals surface area (Å²) in [5, 5.41) is 11.4. The van der Waals surface area contributed by atoms with E-state index in [2.05, 4.69) is 0 Å². The monoisotopic (exact) mass is 299 g/mol. The zero-order valence-corrected chi connectivity index (χ0v) is 12.2. The Morgan fingerprint density at radius 3 is 2.16 bits per heavy atom. The molecule has 0 amide bonds. The van der Waals surface area contributed by atoms with Crippen LogP contribution in [0.15, 0.2) is 66.0 Å². The Balaban J connectivity index is 0.000000454. The van der Waals surface area contributed by atoms with Gasteiger partial charge in [-0.1, -0.05) is 37.1 Å². The second kappa shape index (κ2) is 11.9. The summed E-state index contributed by atoms with van der Waals surface area (Å²) in [6, 6.07) is 10.0. The summed E-state index contributed by atoms with van der Waals surface area (Å²) in [4.78, 5) is 0. The van der Waals surface area contributed by atoms with Crippen LogP contribution >= 0.6 is 0 Å².